The van der Waals surface area contributed by atoms with Gasteiger partial charge in [-0.3, -0.25) is 9.69 Å². The molecule has 36 heavy (non-hydrogen) atoms. The number of aliphatic hydroxyl groups excluding tert-OH is 1. The number of carbonyl (C=O) groups excluding carboxylic acids is 1. The SMILES string of the molecule is Cl.Cl.O=C1c2ccc(OC3CC4(CNC4)C3)cc2OCCN1C[C@H](O)CN1CCc2ccccc2C1. The summed E-state index contributed by atoms with van der Waals surface area (Å²) >= 11 is 0. The molecule has 2 N–H and O–H groups in total. The Bertz CT molecular complexity index is 1070. The van der Waals surface area contributed by atoms with E-state index in [1.807, 2.05) is 12.1 Å². The fraction of sp³-hybridized carbons (Fsp3) is 0.519. The van der Waals surface area contributed by atoms with Crippen molar-refractivity contribution >= 4 is 30.7 Å². The highest BCUT2D eigenvalue weighted by molar-refractivity contribution is 5.97. The summed E-state index contributed by atoms with van der Waals surface area (Å²) in [4.78, 5) is 17.2. The minimum atomic E-state index is -0.606. The number of fused-ring (bicyclic) bond motifs is 2. The number of nitrogens with zero attached hydrogens (tertiary/aromatic N) is 2. The summed E-state index contributed by atoms with van der Waals surface area (Å²) in [6.45, 7) is 5.69. The summed E-state index contributed by atoms with van der Waals surface area (Å²) in [5.41, 5.74) is 3.72. The third-order valence-corrected chi connectivity index (χ3v) is 7.82. The number of ether oxygens (including phenoxy) is 2. The van der Waals surface area contributed by atoms with E-state index >= 15 is 0 Å². The number of β-amino-alcohol motifs (C(OH)–C–C–N with tert-alkyl or cyclic N) is 1. The maximum absolute atomic E-state index is 13.2. The number of aliphatic hydroxyl groups is 1. The summed E-state index contributed by atoms with van der Waals surface area (Å²) in [5, 5.41) is 14.1. The topological polar surface area (TPSA) is 74.3 Å². The smallest absolute Gasteiger partial charge is 0.257 e. The number of hydrogen-bond donors (Lipinski definition) is 2. The van der Waals surface area contributed by atoms with Crippen molar-refractivity contribution in [3.63, 3.8) is 0 Å². The van der Waals surface area contributed by atoms with Gasteiger partial charge in [-0.25, -0.2) is 0 Å². The van der Waals surface area contributed by atoms with Crippen molar-refractivity contribution in [2.75, 3.05) is 45.9 Å². The van der Waals surface area contributed by atoms with E-state index in [0.717, 1.165) is 51.2 Å². The van der Waals surface area contributed by atoms with E-state index in [2.05, 4.69) is 34.5 Å². The average Bonchev–Trinajstić information content (AvgIpc) is 2.93. The standard InChI is InChI=1S/C27H33N3O4.2ClH/c31-21(15-29-8-7-19-3-1-2-4-20(19)14-29)16-30-9-10-33-25-11-22(5-6-24(25)26(30)32)34-23-12-27(13-23)17-28-18-27;;/h1-6,11,21,23,28,31H,7-10,12-18H2;2*1H/t21-;;/m1../s1. The van der Waals surface area contributed by atoms with Crippen LogP contribution in [0.5, 0.6) is 11.5 Å². The van der Waals surface area contributed by atoms with E-state index in [1.165, 1.54) is 11.1 Å². The monoisotopic (exact) mass is 535 g/mol. The van der Waals surface area contributed by atoms with Crippen molar-refractivity contribution in [3.05, 3.63) is 59.2 Å². The number of carbonyl (C=O) groups is 1. The van der Waals surface area contributed by atoms with Gasteiger partial charge in [-0.1, -0.05) is 24.3 Å². The molecule has 2 aromatic carbocycles. The predicted octanol–water partition coefficient (Wildman–Crippen LogP) is 2.91. The molecule has 0 unspecified atom stereocenters. The Labute approximate surface area is 224 Å². The van der Waals surface area contributed by atoms with Crippen LogP contribution in [-0.2, 0) is 13.0 Å². The van der Waals surface area contributed by atoms with Crippen LogP contribution in [0.1, 0.15) is 34.3 Å². The summed E-state index contributed by atoms with van der Waals surface area (Å²) < 4.78 is 12.1. The molecule has 1 aliphatic carbocycles. The zero-order chi connectivity index (χ0) is 23.1. The van der Waals surface area contributed by atoms with Crippen LogP contribution in [0.4, 0.5) is 0 Å². The van der Waals surface area contributed by atoms with Gasteiger partial charge in [0.25, 0.3) is 5.91 Å². The van der Waals surface area contributed by atoms with Crippen LogP contribution in [0.2, 0.25) is 0 Å². The third-order valence-electron chi connectivity index (χ3n) is 7.82. The highest BCUT2D eigenvalue weighted by atomic mass is 35.5. The molecule has 1 saturated heterocycles. The van der Waals surface area contributed by atoms with Gasteiger partial charge in [-0.05, 0) is 42.5 Å². The first-order valence-electron chi connectivity index (χ1n) is 12.5. The normalized spacial score (nSPS) is 21.4. The van der Waals surface area contributed by atoms with Gasteiger partial charge in [0.1, 0.15) is 18.1 Å². The number of nitrogens with one attached hydrogen (secondary N) is 1. The lowest BCUT2D eigenvalue weighted by atomic mass is 9.63. The minimum absolute atomic E-state index is 0. The molecular weight excluding hydrogens is 501 g/mol. The Hall–Kier alpha value is -2.03. The first kappa shape index (κ1) is 27.0. The number of amides is 1. The van der Waals surface area contributed by atoms with E-state index < -0.39 is 6.10 Å². The molecule has 6 rings (SSSR count). The molecule has 4 aliphatic rings. The lowest BCUT2D eigenvalue weighted by Crippen LogP contribution is -2.62. The van der Waals surface area contributed by atoms with E-state index in [1.54, 1.807) is 11.0 Å². The van der Waals surface area contributed by atoms with Crippen LogP contribution in [0.3, 0.4) is 0 Å². The number of benzene rings is 2. The highest BCUT2D eigenvalue weighted by Gasteiger charge is 2.49. The molecule has 2 aromatic rings. The van der Waals surface area contributed by atoms with Crippen molar-refractivity contribution in [2.24, 2.45) is 5.41 Å². The van der Waals surface area contributed by atoms with E-state index in [9.17, 15) is 9.90 Å². The van der Waals surface area contributed by atoms with Crippen LogP contribution in [0.15, 0.2) is 42.5 Å². The summed E-state index contributed by atoms with van der Waals surface area (Å²) in [5.74, 6) is 1.24. The van der Waals surface area contributed by atoms with Gasteiger partial charge in [0.15, 0.2) is 0 Å². The van der Waals surface area contributed by atoms with Gasteiger partial charge in [0.05, 0.1) is 24.3 Å². The van der Waals surface area contributed by atoms with Gasteiger partial charge in [-0.15, -0.1) is 24.8 Å². The molecule has 0 bridgehead atoms. The van der Waals surface area contributed by atoms with E-state index in [4.69, 9.17) is 9.47 Å². The molecule has 1 spiro atoms. The van der Waals surface area contributed by atoms with Gasteiger partial charge < -0.3 is 24.8 Å². The first-order valence-corrected chi connectivity index (χ1v) is 12.5. The maximum atomic E-state index is 13.2. The summed E-state index contributed by atoms with van der Waals surface area (Å²) in [7, 11) is 0. The molecule has 2 fully saturated rings. The molecular formula is C27H35Cl2N3O4. The zero-order valence-electron chi connectivity index (χ0n) is 20.4. The van der Waals surface area contributed by atoms with Crippen molar-refractivity contribution < 1.29 is 19.4 Å². The second kappa shape index (κ2) is 11.2. The van der Waals surface area contributed by atoms with Crippen molar-refractivity contribution in [3.8, 4) is 11.5 Å². The quantitative estimate of drug-likeness (QED) is 0.592. The minimum Gasteiger partial charge on any atom is -0.491 e. The molecule has 0 aromatic heterocycles. The van der Waals surface area contributed by atoms with Gasteiger partial charge in [0, 0.05) is 50.7 Å². The molecule has 196 valence electrons. The van der Waals surface area contributed by atoms with Crippen molar-refractivity contribution in [2.45, 2.75) is 38.0 Å². The molecule has 1 saturated carbocycles. The molecule has 3 heterocycles. The number of hydrogen-bond acceptors (Lipinski definition) is 6. The van der Waals surface area contributed by atoms with Gasteiger partial charge in [-0.2, -0.15) is 0 Å². The van der Waals surface area contributed by atoms with Crippen molar-refractivity contribution in [1.29, 1.82) is 0 Å². The first-order chi connectivity index (χ1) is 16.6. The molecule has 9 heteroatoms. The summed E-state index contributed by atoms with van der Waals surface area (Å²) in [6, 6.07) is 14.0. The molecule has 3 aliphatic heterocycles. The number of rotatable bonds is 6. The fourth-order valence-corrected chi connectivity index (χ4v) is 5.85. The lowest BCUT2D eigenvalue weighted by Gasteiger charge is -2.53. The highest BCUT2D eigenvalue weighted by Crippen LogP contribution is 2.46. The Balaban J connectivity index is 0.00000152. The van der Waals surface area contributed by atoms with Crippen LogP contribution < -0.4 is 14.8 Å². The second-order valence-corrected chi connectivity index (χ2v) is 10.4. The maximum Gasteiger partial charge on any atom is 0.257 e. The molecule has 7 nitrogen and oxygen atoms in total. The van der Waals surface area contributed by atoms with E-state index in [-0.39, 0.29) is 36.8 Å². The van der Waals surface area contributed by atoms with Crippen LogP contribution in [0.25, 0.3) is 0 Å². The summed E-state index contributed by atoms with van der Waals surface area (Å²) in [6.07, 6.45) is 2.81. The Morgan fingerprint density at radius 1 is 1.08 bits per heavy atom. The van der Waals surface area contributed by atoms with Crippen molar-refractivity contribution in [1.82, 2.24) is 15.1 Å². The molecule has 1 atom stereocenters. The predicted molar refractivity (Wildman–Crippen MR) is 143 cm³/mol. The van der Waals surface area contributed by atoms with E-state index in [0.29, 0.717) is 43.0 Å². The average molecular weight is 537 g/mol. The largest absolute Gasteiger partial charge is 0.491 e. The van der Waals surface area contributed by atoms with Crippen LogP contribution in [-0.4, -0.2) is 78.9 Å². The van der Waals surface area contributed by atoms with Crippen LogP contribution >= 0.6 is 24.8 Å². The molecule has 0 radical (unpaired) electrons. The van der Waals surface area contributed by atoms with Gasteiger partial charge in [0.2, 0.25) is 0 Å². The Morgan fingerprint density at radius 2 is 1.86 bits per heavy atom. The molecule has 1 amide bonds. The number of halogens is 2. The Kier molecular flexibility index (Phi) is 8.37. The fourth-order valence-electron chi connectivity index (χ4n) is 5.85. The zero-order valence-corrected chi connectivity index (χ0v) is 22.0. The second-order valence-electron chi connectivity index (χ2n) is 10.4. The van der Waals surface area contributed by atoms with Crippen LogP contribution in [0, 0.1) is 5.41 Å². The Morgan fingerprint density at radius 3 is 2.61 bits per heavy atom. The van der Waals surface area contributed by atoms with Gasteiger partial charge >= 0.3 is 0 Å². The third kappa shape index (κ3) is 5.46. The lowest BCUT2D eigenvalue weighted by molar-refractivity contribution is -0.0495.